The monoisotopic (exact) mass is 497 g/mol. The Morgan fingerprint density at radius 1 is 0.842 bits per heavy atom. The van der Waals surface area contributed by atoms with Gasteiger partial charge in [0.1, 0.15) is 11.5 Å². The number of hydrogen-bond donors (Lipinski definition) is 0. The molecular weight excluding hydrogens is 470 g/mol. The molecule has 0 aliphatic carbocycles. The second-order valence-electron chi connectivity index (χ2n) is 9.10. The Bertz CT molecular complexity index is 1440. The van der Waals surface area contributed by atoms with Gasteiger partial charge < -0.3 is 9.30 Å². The molecule has 38 heavy (non-hydrogen) atoms. The first kappa shape index (κ1) is 24.7. The minimum absolute atomic E-state index is 0.357. The van der Waals surface area contributed by atoms with Crippen molar-refractivity contribution in [3.05, 3.63) is 161 Å². The number of ether oxygens (including phenoxy) is 1. The predicted molar refractivity (Wildman–Crippen MR) is 146 cm³/mol. The molecule has 5 heteroatoms. The van der Waals surface area contributed by atoms with E-state index in [1.165, 1.54) is 7.11 Å². The SMILES string of the molecule is COC(=O)C(Cc1ccc(C#N)cc1)c1cn(C(c2ccccc2)(c2ccccc2)c2ccccc2)cn1. The van der Waals surface area contributed by atoms with Gasteiger partial charge in [-0.05, 0) is 40.8 Å². The van der Waals surface area contributed by atoms with Gasteiger partial charge in [-0.2, -0.15) is 5.26 Å². The smallest absolute Gasteiger partial charge is 0.315 e. The first-order valence-electron chi connectivity index (χ1n) is 12.4. The van der Waals surface area contributed by atoms with Crippen molar-refractivity contribution in [1.29, 1.82) is 5.26 Å². The maximum atomic E-state index is 13.0. The van der Waals surface area contributed by atoms with Crippen LogP contribution in [0.2, 0.25) is 0 Å². The quantitative estimate of drug-likeness (QED) is 0.192. The van der Waals surface area contributed by atoms with E-state index in [-0.39, 0.29) is 5.97 Å². The number of nitrogens with zero attached hydrogens (tertiary/aromatic N) is 3. The molecule has 5 nitrogen and oxygen atoms in total. The van der Waals surface area contributed by atoms with Crippen LogP contribution in [0.1, 0.15) is 39.4 Å². The van der Waals surface area contributed by atoms with Crippen LogP contribution in [0.5, 0.6) is 0 Å². The van der Waals surface area contributed by atoms with Gasteiger partial charge in [-0.25, -0.2) is 4.98 Å². The van der Waals surface area contributed by atoms with E-state index in [9.17, 15) is 4.79 Å². The zero-order valence-electron chi connectivity index (χ0n) is 21.1. The van der Waals surface area contributed by atoms with Crippen molar-refractivity contribution < 1.29 is 9.53 Å². The van der Waals surface area contributed by atoms with Crippen LogP contribution in [-0.4, -0.2) is 22.6 Å². The topological polar surface area (TPSA) is 67.9 Å². The first-order chi connectivity index (χ1) is 18.7. The molecule has 1 aromatic heterocycles. The van der Waals surface area contributed by atoms with E-state index in [1.54, 1.807) is 18.5 Å². The van der Waals surface area contributed by atoms with Crippen molar-refractivity contribution in [2.45, 2.75) is 17.9 Å². The highest BCUT2D eigenvalue weighted by Crippen LogP contribution is 2.41. The lowest BCUT2D eigenvalue weighted by atomic mass is 9.76. The summed E-state index contributed by atoms with van der Waals surface area (Å²) in [6, 6.07) is 40.4. The lowest BCUT2D eigenvalue weighted by Gasteiger charge is -2.37. The molecular formula is C33H27N3O2. The summed E-state index contributed by atoms with van der Waals surface area (Å²) in [5, 5.41) is 9.14. The summed E-state index contributed by atoms with van der Waals surface area (Å²) in [5.74, 6) is -0.960. The first-order valence-corrected chi connectivity index (χ1v) is 12.4. The molecule has 0 aliphatic rings. The average Bonchev–Trinajstić information content (AvgIpc) is 3.48. The normalized spacial score (nSPS) is 11.9. The van der Waals surface area contributed by atoms with Gasteiger partial charge in [0.05, 0.1) is 30.8 Å². The Hall–Kier alpha value is -4.95. The highest BCUT2D eigenvalue weighted by Gasteiger charge is 2.39. The summed E-state index contributed by atoms with van der Waals surface area (Å²) in [4.78, 5) is 17.8. The molecule has 0 radical (unpaired) electrons. The third-order valence-corrected chi connectivity index (χ3v) is 6.93. The number of imidazole rings is 1. The van der Waals surface area contributed by atoms with Crippen LogP contribution in [0.4, 0.5) is 0 Å². The lowest BCUT2D eigenvalue weighted by molar-refractivity contribution is -0.142. The molecule has 5 aromatic rings. The van der Waals surface area contributed by atoms with Gasteiger partial charge in [-0.3, -0.25) is 4.79 Å². The van der Waals surface area contributed by atoms with Crippen molar-refractivity contribution in [2.24, 2.45) is 0 Å². The van der Waals surface area contributed by atoms with Crippen LogP contribution in [0, 0.1) is 11.3 Å². The summed E-state index contributed by atoms with van der Waals surface area (Å²) in [5.41, 5.74) is 4.62. The van der Waals surface area contributed by atoms with Crippen molar-refractivity contribution in [1.82, 2.24) is 9.55 Å². The molecule has 5 rings (SSSR count). The molecule has 1 unspecified atom stereocenters. The third-order valence-electron chi connectivity index (χ3n) is 6.93. The van der Waals surface area contributed by atoms with Crippen molar-refractivity contribution in [2.75, 3.05) is 7.11 Å². The maximum absolute atomic E-state index is 13.0. The zero-order valence-corrected chi connectivity index (χ0v) is 21.1. The van der Waals surface area contributed by atoms with E-state index in [0.717, 1.165) is 22.3 Å². The molecule has 1 heterocycles. The van der Waals surface area contributed by atoms with Gasteiger partial charge in [0.25, 0.3) is 0 Å². The van der Waals surface area contributed by atoms with Gasteiger partial charge in [0.2, 0.25) is 0 Å². The Labute approximate surface area is 222 Å². The highest BCUT2D eigenvalue weighted by atomic mass is 16.5. The Kier molecular flexibility index (Phi) is 7.15. The minimum Gasteiger partial charge on any atom is -0.468 e. The van der Waals surface area contributed by atoms with Crippen LogP contribution >= 0.6 is 0 Å². The van der Waals surface area contributed by atoms with E-state index >= 15 is 0 Å². The molecule has 0 saturated heterocycles. The van der Waals surface area contributed by atoms with Gasteiger partial charge >= 0.3 is 5.97 Å². The Morgan fingerprint density at radius 3 is 1.79 bits per heavy atom. The number of esters is 1. The van der Waals surface area contributed by atoms with Gasteiger partial charge in [0.15, 0.2) is 0 Å². The Balaban J connectivity index is 1.68. The molecule has 4 aromatic carbocycles. The van der Waals surface area contributed by atoms with Crippen LogP contribution < -0.4 is 0 Å². The van der Waals surface area contributed by atoms with E-state index < -0.39 is 11.5 Å². The average molecular weight is 498 g/mol. The van der Waals surface area contributed by atoms with Gasteiger partial charge in [-0.1, -0.05) is 103 Å². The van der Waals surface area contributed by atoms with E-state index in [1.807, 2.05) is 72.9 Å². The van der Waals surface area contributed by atoms with Crippen LogP contribution in [-0.2, 0) is 21.5 Å². The van der Waals surface area contributed by atoms with E-state index in [4.69, 9.17) is 15.0 Å². The van der Waals surface area contributed by atoms with Crippen LogP contribution in [0.25, 0.3) is 0 Å². The van der Waals surface area contributed by atoms with Crippen LogP contribution in [0.3, 0.4) is 0 Å². The van der Waals surface area contributed by atoms with Crippen molar-refractivity contribution in [3.8, 4) is 6.07 Å². The third kappa shape index (κ3) is 4.60. The van der Waals surface area contributed by atoms with E-state index in [2.05, 4.69) is 47.0 Å². The van der Waals surface area contributed by atoms with Crippen LogP contribution in [0.15, 0.2) is 128 Å². The standard InChI is InChI=1S/C33H27N3O2/c1-38-32(37)30(21-25-17-19-26(22-34)20-18-25)31-23-36(24-35-31)33(27-11-5-2-6-12-27,28-13-7-3-8-14-28)29-15-9-4-10-16-29/h2-20,23-24,30H,21H2,1H3. The number of carbonyl (C=O) groups excluding carboxylic acids is 1. The zero-order chi connectivity index (χ0) is 26.4. The summed E-state index contributed by atoms with van der Waals surface area (Å²) >= 11 is 0. The number of hydrogen-bond acceptors (Lipinski definition) is 4. The molecule has 0 bridgehead atoms. The number of aromatic nitrogens is 2. The second-order valence-corrected chi connectivity index (χ2v) is 9.10. The lowest BCUT2D eigenvalue weighted by Crippen LogP contribution is -2.37. The molecule has 0 spiro atoms. The highest BCUT2D eigenvalue weighted by molar-refractivity contribution is 5.77. The second kappa shape index (κ2) is 11.0. The molecule has 0 aliphatic heterocycles. The number of carbonyl (C=O) groups is 1. The molecule has 186 valence electrons. The minimum atomic E-state index is -0.718. The summed E-state index contributed by atoms with van der Waals surface area (Å²) in [6.07, 6.45) is 4.17. The fraction of sp³-hybridized carbons (Fsp3) is 0.121. The summed E-state index contributed by atoms with van der Waals surface area (Å²) in [6.45, 7) is 0. The number of benzene rings is 4. The fourth-order valence-corrected chi connectivity index (χ4v) is 5.09. The molecule has 1 atom stereocenters. The summed E-state index contributed by atoms with van der Waals surface area (Å²) < 4.78 is 7.29. The van der Waals surface area contributed by atoms with Crippen molar-refractivity contribution in [3.63, 3.8) is 0 Å². The number of rotatable bonds is 8. The predicted octanol–water partition coefficient (Wildman–Crippen LogP) is 6.09. The maximum Gasteiger partial charge on any atom is 0.315 e. The molecule has 0 amide bonds. The Morgan fingerprint density at radius 2 is 1.34 bits per heavy atom. The fourth-order valence-electron chi connectivity index (χ4n) is 5.09. The van der Waals surface area contributed by atoms with E-state index in [0.29, 0.717) is 17.7 Å². The van der Waals surface area contributed by atoms with Crippen molar-refractivity contribution >= 4 is 5.97 Å². The molecule has 0 fully saturated rings. The molecule has 0 N–H and O–H groups in total. The number of nitriles is 1. The largest absolute Gasteiger partial charge is 0.468 e. The van der Waals surface area contributed by atoms with Gasteiger partial charge in [-0.15, -0.1) is 0 Å². The summed E-state index contributed by atoms with van der Waals surface area (Å²) in [7, 11) is 1.40. The molecule has 0 saturated carbocycles. The van der Waals surface area contributed by atoms with Gasteiger partial charge in [0, 0.05) is 6.20 Å². The number of methoxy groups -OCH3 is 1.